The minimum Gasteiger partial charge on any atom is -0.494 e. The number of carbonyl (C=O) groups is 2. The molecule has 3 N–H and O–H groups in total. The van der Waals surface area contributed by atoms with E-state index in [1.54, 1.807) is 69.3 Å². The van der Waals surface area contributed by atoms with Crippen LogP contribution >= 0.6 is 0 Å². The monoisotopic (exact) mass is 566 g/mol. The average Bonchev–Trinajstić information content (AvgIpc) is 3.31. The summed E-state index contributed by atoms with van der Waals surface area (Å²) in [5.74, 6) is -0.233. The van der Waals surface area contributed by atoms with Crippen molar-refractivity contribution in [1.82, 2.24) is 10.9 Å². The highest BCUT2D eigenvalue weighted by Gasteiger charge is 2.54. The Hall–Kier alpha value is -4.12. The second-order valence-electron chi connectivity index (χ2n) is 10.9. The number of benzene rings is 2. The van der Waals surface area contributed by atoms with Gasteiger partial charge in [0.05, 0.1) is 6.61 Å². The maximum atomic E-state index is 13.9. The van der Waals surface area contributed by atoms with Gasteiger partial charge in [-0.15, -0.1) is 0 Å². The lowest BCUT2D eigenvalue weighted by molar-refractivity contribution is -0.155. The summed E-state index contributed by atoms with van der Waals surface area (Å²) in [5.41, 5.74) is 13.8. The molecule has 0 saturated heterocycles. The number of hydrazine groups is 1. The fourth-order valence-electron chi connectivity index (χ4n) is 4.20. The molecule has 2 aromatic carbocycles. The number of esters is 1. The van der Waals surface area contributed by atoms with Crippen molar-refractivity contribution < 1.29 is 28.9 Å². The number of nitrogens with zero attached hydrogens (tertiary/aromatic N) is 4. The molecule has 2 aromatic rings. The molecule has 3 rings (SSSR count). The van der Waals surface area contributed by atoms with Gasteiger partial charge in [-0.3, -0.25) is 15.0 Å². The number of carbonyl (C=O) groups excluding carboxylic acids is 2. The highest BCUT2D eigenvalue weighted by Crippen LogP contribution is 2.46. The zero-order chi connectivity index (χ0) is 30.0. The first kappa shape index (κ1) is 31.4. The summed E-state index contributed by atoms with van der Waals surface area (Å²) in [6.45, 7) is 9.43. The van der Waals surface area contributed by atoms with Crippen LogP contribution in [0.25, 0.3) is 10.4 Å². The van der Waals surface area contributed by atoms with Gasteiger partial charge < -0.3 is 19.3 Å². The highest BCUT2D eigenvalue weighted by atomic mass is 16.6. The van der Waals surface area contributed by atoms with Crippen molar-refractivity contribution in [1.29, 1.82) is 0 Å². The minimum atomic E-state index is -1.62. The predicted octanol–water partition coefficient (Wildman–Crippen LogP) is 4.80. The molecule has 0 unspecified atom stereocenters. The van der Waals surface area contributed by atoms with Gasteiger partial charge in [-0.05, 0) is 70.8 Å². The Morgan fingerprint density at radius 2 is 1.90 bits per heavy atom. The van der Waals surface area contributed by atoms with E-state index in [0.717, 1.165) is 0 Å². The molecule has 2 atom stereocenters. The van der Waals surface area contributed by atoms with Crippen LogP contribution in [0, 0.1) is 0 Å². The van der Waals surface area contributed by atoms with Gasteiger partial charge in [0, 0.05) is 47.2 Å². The molecule has 0 spiro atoms. The summed E-state index contributed by atoms with van der Waals surface area (Å²) in [5, 5.41) is 12.8. The zero-order valence-electron chi connectivity index (χ0n) is 24.1. The fraction of sp³-hybridized carbons (Fsp3) is 0.483. The van der Waals surface area contributed by atoms with E-state index in [0.29, 0.717) is 29.9 Å². The van der Waals surface area contributed by atoms with Crippen LogP contribution in [0.4, 0.5) is 5.69 Å². The Kier molecular flexibility index (Phi) is 10.7. The second-order valence-corrected chi connectivity index (χ2v) is 10.9. The summed E-state index contributed by atoms with van der Waals surface area (Å²) in [4.78, 5) is 34.5. The van der Waals surface area contributed by atoms with Gasteiger partial charge in [-0.1, -0.05) is 29.4 Å². The first-order chi connectivity index (χ1) is 19.5. The van der Waals surface area contributed by atoms with E-state index in [1.165, 1.54) is 0 Å². The van der Waals surface area contributed by atoms with Crippen molar-refractivity contribution in [2.24, 2.45) is 10.1 Å². The molecule has 0 radical (unpaired) electrons. The van der Waals surface area contributed by atoms with Crippen LogP contribution in [-0.4, -0.2) is 53.3 Å². The van der Waals surface area contributed by atoms with E-state index in [2.05, 4.69) is 20.9 Å². The Bertz CT molecular complexity index is 1280. The van der Waals surface area contributed by atoms with Gasteiger partial charge in [0.15, 0.2) is 11.6 Å². The van der Waals surface area contributed by atoms with Gasteiger partial charge in [0.25, 0.3) is 5.91 Å². The van der Waals surface area contributed by atoms with Gasteiger partial charge in [-0.2, -0.15) is 0 Å². The van der Waals surface area contributed by atoms with Crippen molar-refractivity contribution in [3.8, 4) is 5.75 Å². The highest BCUT2D eigenvalue weighted by molar-refractivity contribution is 6.01. The molecule has 1 aliphatic heterocycles. The third-order valence-electron chi connectivity index (χ3n) is 6.01. The van der Waals surface area contributed by atoms with Crippen LogP contribution in [0.3, 0.4) is 0 Å². The smallest absolute Gasteiger partial charge is 0.306 e. The van der Waals surface area contributed by atoms with Gasteiger partial charge >= 0.3 is 5.97 Å². The molecule has 0 aromatic heterocycles. The van der Waals surface area contributed by atoms with Crippen LogP contribution in [0.2, 0.25) is 0 Å². The molecule has 0 aliphatic carbocycles. The van der Waals surface area contributed by atoms with Gasteiger partial charge in [0.2, 0.25) is 5.90 Å². The molecular weight excluding hydrogens is 528 g/mol. The molecule has 1 heterocycles. The first-order valence-electron chi connectivity index (χ1n) is 13.5. The molecule has 0 fully saturated rings. The topological polar surface area (TPSA) is 167 Å². The SMILES string of the molecule is CC(C)NNC(=O)[C@@]1(CCC(=O)OC(C)(C)C)N=C(c2ccc(OCCCO)cc2)O[C@H]1c1ccccc1N=[N+]=[N-]. The summed E-state index contributed by atoms with van der Waals surface area (Å²) >= 11 is 0. The van der Waals surface area contributed by atoms with Crippen molar-refractivity contribution in [3.05, 3.63) is 70.1 Å². The van der Waals surface area contributed by atoms with E-state index in [9.17, 15) is 15.1 Å². The molecule has 1 aliphatic rings. The number of aliphatic hydroxyl groups is 1. The van der Waals surface area contributed by atoms with Crippen molar-refractivity contribution in [3.63, 3.8) is 0 Å². The van der Waals surface area contributed by atoms with Crippen LogP contribution < -0.4 is 15.6 Å². The second kappa shape index (κ2) is 14.0. The normalized spacial score (nSPS) is 18.2. The molecule has 1 amide bonds. The average molecular weight is 567 g/mol. The Morgan fingerprint density at radius 1 is 1.20 bits per heavy atom. The molecule has 0 saturated carbocycles. The third kappa shape index (κ3) is 8.43. The number of aliphatic hydroxyl groups excluding tert-OH is 1. The summed E-state index contributed by atoms with van der Waals surface area (Å²) in [6.07, 6.45) is -0.696. The maximum Gasteiger partial charge on any atom is 0.306 e. The molecule has 0 bridgehead atoms. The minimum absolute atomic E-state index is 0.0283. The largest absolute Gasteiger partial charge is 0.494 e. The summed E-state index contributed by atoms with van der Waals surface area (Å²) < 4.78 is 17.5. The number of hydrogen-bond acceptors (Lipinski definition) is 9. The number of ether oxygens (including phenoxy) is 3. The number of amides is 1. The number of hydrogen-bond donors (Lipinski definition) is 3. The molecule has 220 valence electrons. The Labute approximate surface area is 239 Å². The molecular formula is C29H38N6O6. The number of nitrogens with one attached hydrogen (secondary N) is 2. The van der Waals surface area contributed by atoms with Crippen LogP contribution in [-0.2, 0) is 19.1 Å². The Morgan fingerprint density at radius 3 is 2.54 bits per heavy atom. The van der Waals surface area contributed by atoms with E-state index in [-0.39, 0.29) is 37.1 Å². The number of azide groups is 1. The lowest BCUT2D eigenvalue weighted by atomic mass is 9.83. The maximum absolute atomic E-state index is 13.9. The van der Waals surface area contributed by atoms with Gasteiger partial charge in [-0.25, -0.2) is 10.4 Å². The van der Waals surface area contributed by atoms with Crippen LogP contribution in [0.5, 0.6) is 5.75 Å². The van der Waals surface area contributed by atoms with E-state index < -0.39 is 29.1 Å². The third-order valence-corrected chi connectivity index (χ3v) is 6.01. The van der Waals surface area contributed by atoms with E-state index in [1.807, 2.05) is 13.8 Å². The quantitative estimate of drug-likeness (QED) is 0.0782. The van der Waals surface area contributed by atoms with Crippen LogP contribution in [0.15, 0.2) is 58.6 Å². The molecule has 41 heavy (non-hydrogen) atoms. The molecule has 12 heteroatoms. The zero-order valence-corrected chi connectivity index (χ0v) is 24.1. The summed E-state index contributed by atoms with van der Waals surface area (Å²) in [7, 11) is 0. The standard InChI is InChI=1S/C29H38N6O6/c1-19(2)32-34-27(38)29(16-15-24(37)41-28(3,4)5)25(22-9-6-7-10-23(22)33-35-30)40-26(31-29)20-11-13-21(14-12-20)39-18-8-17-36/h6-7,9-14,19,25,32,36H,8,15-18H2,1-5H3,(H,34,38)/t25-,29-/m0/s1. The van der Waals surface area contributed by atoms with Gasteiger partial charge in [0.1, 0.15) is 11.4 Å². The summed E-state index contributed by atoms with van der Waals surface area (Å²) in [6, 6.07) is 13.7. The van der Waals surface area contributed by atoms with Crippen molar-refractivity contribution in [2.45, 2.75) is 77.2 Å². The lowest BCUT2D eigenvalue weighted by Crippen LogP contribution is -2.54. The fourth-order valence-corrected chi connectivity index (χ4v) is 4.20. The van der Waals surface area contributed by atoms with Crippen molar-refractivity contribution >= 4 is 23.5 Å². The van der Waals surface area contributed by atoms with E-state index >= 15 is 0 Å². The Balaban J connectivity index is 2.09. The lowest BCUT2D eigenvalue weighted by Gasteiger charge is -2.31. The van der Waals surface area contributed by atoms with E-state index in [4.69, 9.17) is 24.3 Å². The first-order valence-corrected chi connectivity index (χ1v) is 13.5. The number of aliphatic imine (C=N–C) groups is 1. The van der Waals surface area contributed by atoms with Crippen molar-refractivity contribution in [2.75, 3.05) is 13.2 Å². The van der Waals surface area contributed by atoms with Crippen LogP contribution in [0.1, 0.15) is 71.1 Å². The predicted molar refractivity (Wildman–Crippen MR) is 153 cm³/mol. The number of rotatable bonds is 13. The molecule has 12 nitrogen and oxygen atoms in total.